The van der Waals surface area contributed by atoms with Gasteiger partial charge >= 0.3 is 0 Å². The fourth-order valence-electron chi connectivity index (χ4n) is 3.70. The topological polar surface area (TPSA) is 240 Å². The summed E-state index contributed by atoms with van der Waals surface area (Å²) in [4.78, 5) is 11.6. The molecule has 0 unspecified atom stereocenters. The molecule has 15 nitrogen and oxygen atoms in total. The van der Waals surface area contributed by atoms with Gasteiger partial charge in [-0.1, -0.05) is 0 Å². The summed E-state index contributed by atoms with van der Waals surface area (Å²) >= 11 is 0. The number of aliphatic hydroxyl groups excluding tert-OH is 7. The van der Waals surface area contributed by atoms with Crippen molar-refractivity contribution in [3.05, 3.63) is 0 Å². The number of ether oxygens (including phenoxy) is 6. The van der Waals surface area contributed by atoms with Gasteiger partial charge in [0.2, 0.25) is 5.91 Å². The summed E-state index contributed by atoms with van der Waals surface area (Å²) < 4.78 is 31.3. The van der Waals surface area contributed by atoms with E-state index < -0.39 is 85.8 Å². The number of aliphatic hydroxyl groups is 7. The lowest BCUT2D eigenvalue weighted by atomic mass is 9.97. The van der Waals surface area contributed by atoms with Crippen molar-refractivity contribution in [1.82, 2.24) is 0 Å². The fourth-order valence-corrected chi connectivity index (χ4v) is 3.70. The third kappa shape index (κ3) is 5.05. The maximum Gasteiger partial charge on any atom is 0.249 e. The van der Waals surface area contributed by atoms with Crippen LogP contribution in [0.3, 0.4) is 0 Å². The van der Waals surface area contributed by atoms with Crippen molar-refractivity contribution < 1.29 is 69.0 Å². The van der Waals surface area contributed by atoms with E-state index in [2.05, 4.69) is 0 Å². The molecule has 3 aliphatic heterocycles. The standard InChI is InChI=1S/C17H29NO14/c1-27-11-8(22)10(24)17(32-13(11)14(18)25)31-12-7(21)5(3-28-15(12)26)30-16-9(23)6(20)4(19)2-29-16/h4-13,15-17,19-24,26H,2-3H2,1H3,(H2,18,25)/t4-,5-,6+,7+,8-,9-,10-,11+,12-,13+,15-,16+,17+/m1/s1. The summed E-state index contributed by atoms with van der Waals surface area (Å²) in [5, 5.41) is 70.5. The van der Waals surface area contributed by atoms with Crippen LogP contribution in [0, 0.1) is 0 Å². The number of hydrogen-bond donors (Lipinski definition) is 8. The third-order valence-corrected chi connectivity index (χ3v) is 5.58. The summed E-state index contributed by atoms with van der Waals surface area (Å²) in [5.41, 5.74) is 5.24. The first kappa shape index (κ1) is 25.6. The largest absolute Gasteiger partial charge is 0.388 e. The molecule has 9 N–H and O–H groups in total. The molecule has 3 fully saturated rings. The maximum absolute atomic E-state index is 11.6. The Morgan fingerprint density at radius 2 is 1.47 bits per heavy atom. The summed E-state index contributed by atoms with van der Waals surface area (Å²) in [6.45, 7) is -0.718. The molecule has 186 valence electrons. The molecule has 1 amide bonds. The van der Waals surface area contributed by atoms with Crippen LogP contribution < -0.4 is 5.73 Å². The van der Waals surface area contributed by atoms with Gasteiger partial charge in [0.05, 0.1) is 13.2 Å². The fraction of sp³-hybridized carbons (Fsp3) is 0.941. The van der Waals surface area contributed by atoms with Crippen LogP contribution in [-0.4, -0.2) is 142 Å². The number of methoxy groups -OCH3 is 1. The molecule has 0 radical (unpaired) electrons. The molecule has 3 aliphatic rings. The lowest BCUT2D eigenvalue weighted by molar-refractivity contribution is -0.362. The lowest BCUT2D eigenvalue weighted by Gasteiger charge is -2.45. The number of nitrogens with two attached hydrogens (primary N) is 1. The Bertz CT molecular complexity index is 640. The molecule has 32 heavy (non-hydrogen) atoms. The Labute approximate surface area is 181 Å². The smallest absolute Gasteiger partial charge is 0.249 e. The van der Waals surface area contributed by atoms with Gasteiger partial charge in [-0.15, -0.1) is 0 Å². The first-order valence-corrected chi connectivity index (χ1v) is 9.85. The van der Waals surface area contributed by atoms with Gasteiger partial charge in [0.1, 0.15) is 54.9 Å². The van der Waals surface area contributed by atoms with Crippen LogP contribution in [0.5, 0.6) is 0 Å². The van der Waals surface area contributed by atoms with Gasteiger partial charge in [0.15, 0.2) is 25.0 Å². The second-order valence-electron chi connectivity index (χ2n) is 7.75. The van der Waals surface area contributed by atoms with Crippen LogP contribution >= 0.6 is 0 Å². The number of primary amides is 1. The first-order chi connectivity index (χ1) is 15.1. The quantitative estimate of drug-likeness (QED) is 0.180. The molecule has 0 saturated carbocycles. The van der Waals surface area contributed by atoms with E-state index in [-0.39, 0.29) is 13.2 Å². The average molecular weight is 471 g/mol. The molecule has 0 spiro atoms. The van der Waals surface area contributed by atoms with Gasteiger partial charge in [0, 0.05) is 7.11 Å². The summed E-state index contributed by atoms with van der Waals surface area (Å²) in [6.07, 6.45) is -20.1. The molecule has 15 heteroatoms. The van der Waals surface area contributed by atoms with Crippen LogP contribution in [0.15, 0.2) is 0 Å². The second-order valence-corrected chi connectivity index (χ2v) is 7.75. The second kappa shape index (κ2) is 10.5. The summed E-state index contributed by atoms with van der Waals surface area (Å²) in [7, 11) is 1.17. The number of carbonyl (C=O) groups excluding carboxylic acids is 1. The Hall–Kier alpha value is -1.05. The predicted octanol–water partition coefficient (Wildman–Crippen LogP) is -6.15. The number of amides is 1. The molecule has 0 aromatic rings. The zero-order valence-corrected chi connectivity index (χ0v) is 17.0. The van der Waals surface area contributed by atoms with Crippen molar-refractivity contribution >= 4 is 5.91 Å². The van der Waals surface area contributed by atoms with Gasteiger partial charge in [-0.2, -0.15) is 0 Å². The minimum absolute atomic E-state index is 0.343. The van der Waals surface area contributed by atoms with Crippen molar-refractivity contribution in [3.8, 4) is 0 Å². The Morgan fingerprint density at radius 1 is 0.812 bits per heavy atom. The van der Waals surface area contributed by atoms with Crippen LogP contribution in [0.4, 0.5) is 0 Å². The molecule has 13 atom stereocenters. The highest BCUT2D eigenvalue weighted by Gasteiger charge is 2.51. The molecule has 0 aromatic carbocycles. The third-order valence-electron chi connectivity index (χ3n) is 5.58. The summed E-state index contributed by atoms with van der Waals surface area (Å²) in [5.74, 6) is -1.01. The molecule has 3 rings (SSSR count). The highest BCUT2D eigenvalue weighted by atomic mass is 16.7. The molecular weight excluding hydrogens is 442 g/mol. The minimum atomic E-state index is -1.75. The van der Waals surface area contributed by atoms with E-state index >= 15 is 0 Å². The van der Waals surface area contributed by atoms with Crippen molar-refractivity contribution in [2.45, 2.75) is 79.9 Å². The summed E-state index contributed by atoms with van der Waals surface area (Å²) in [6, 6.07) is 0. The molecule has 3 saturated heterocycles. The van der Waals surface area contributed by atoms with Crippen LogP contribution in [0.1, 0.15) is 0 Å². The van der Waals surface area contributed by atoms with Gasteiger partial charge in [0.25, 0.3) is 0 Å². The predicted molar refractivity (Wildman–Crippen MR) is 96.1 cm³/mol. The monoisotopic (exact) mass is 471 g/mol. The van der Waals surface area contributed by atoms with Crippen LogP contribution in [0.25, 0.3) is 0 Å². The maximum atomic E-state index is 11.6. The molecule has 0 aromatic heterocycles. The van der Waals surface area contributed by atoms with Crippen molar-refractivity contribution in [2.75, 3.05) is 20.3 Å². The van der Waals surface area contributed by atoms with Crippen molar-refractivity contribution in [2.24, 2.45) is 5.73 Å². The van der Waals surface area contributed by atoms with Crippen molar-refractivity contribution in [1.29, 1.82) is 0 Å². The highest BCUT2D eigenvalue weighted by Crippen LogP contribution is 2.29. The lowest BCUT2D eigenvalue weighted by Crippen LogP contribution is -2.65. The number of carbonyl (C=O) groups is 1. The van der Waals surface area contributed by atoms with E-state index in [0.29, 0.717) is 0 Å². The van der Waals surface area contributed by atoms with E-state index in [9.17, 15) is 40.5 Å². The Morgan fingerprint density at radius 3 is 2.09 bits per heavy atom. The van der Waals surface area contributed by atoms with E-state index in [4.69, 9.17) is 34.2 Å². The molecular formula is C17H29NO14. The van der Waals surface area contributed by atoms with E-state index in [1.54, 1.807) is 0 Å². The highest BCUT2D eigenvalue weighted by molar-refractivity contribution is 5.79. The Balaban J connectivity index is 1.68. The van der Waals surface area contributed by atoms with Gasteiger partial charge in [-0.3, -0.25) is 4.79 Å². The van der Waals surface area contributed by atoms with E-state index in [1.165, 1.54) is 7.11 Å². The van der Waals surface area contributed by atoms with Gasteiger partial charge in [-0.05, 0) is 0 Å². The zero-order chi connectivity index (χ0) is 23.7. The molecule has 0 bridgehead atoms. The molecule has 3 heterocycles. The SMILES string of the molecule is CO[C@H]1[C@H](O)[C@@H](O)[C@@H](O[C@@H]2[C@@H](O)[C@H](O[C@@H]3OC[C@@H](O)[C@H](O)[C@H]3O)CO[C@H]2O)O[C@@H]1C(N)=O. The number of rotatable bonds is 6. The normalized spacial score (nSPS) is 50.2. The van der Waals surface area contributed by atoms with Gasteiger partial charge in [-0.25, -0.2) is 0 Å². The first-order valence-electron chi connectivity index (χ1n) is 9.85. The van der Waals surface area contributed by atoms with Crippen LogP contribution in [-0.2, 0) is 33.2 Å². The number of hydrogen-bond acceptors (Lipinski definition) is 14. The Kier molecular flexibility index (Phi) is 8.37. The van der Waals surface area contributed by atoms with E-state index in [1.807, 2.05) is 0 Å². The average Bonchev–Trinajstić information content (AvgIpc) is 2.75. The van der Waals surface area contributed by atoms with Gasteiger partial charge < -0.3 is 69.9 Å². The van der Waals surface area contributed by atoms with Crippen LogP contribution in [0.2, 0.25) is 0 Å². The van der Waals surface area contributed by atoms with E-state index in [0.717, 1.165) is 0 Å². The minimum Gasteiger partial charge on any atom is -0.388 e. The van der Waals surface area contributed by atoms with Crippen molar-refractivity contribution in [3.63, 3.8) is 0 Å². The molecule has 0 aliphatic carbocycles. The zero-order valence-electron chi connectivity index (χ0n) is 17.0.